The Kier molecular flexibility index (Phi) is 4.65. The highest BCUT2D eigenvalue weighted by atomic mass is 16.2. The van der Waals surface area contributed by atoms with Crippen LogP contribution in [0.4, 0.5) is 10.5 Å². The van der Waals surface area contributed by atoms with Crippen LogP contribution in [0.25, 0.3) is 0 Å². The molecule has 1 aromatic heterocycles. The van der Waals surface area contributed by atoms with E-state index in [4.69, 9.17) is 0 Å². The lowest BCUT2D eigenvalue weighted by Gasteiger charge is -2.22. The molecule has 5 nitrogen and oxygen atoms in total. The number of anilines is 1. The van der Waals surface area contributed by atoms with Crippen LogP contribution in [-0.2, 0) is 0 Å². The van der Waals surface area contributed by atoms with Crippen molar-refractivity contribution in [1.29, 1.82) is 0 Å². The number of benzene rings is 1. The van der Waals surface area contributed by atoms with Crippen molar-refractivity contribution in [1.82, 2.24) is 14.9 Å². The molecular weight excluding hydrogens is 288 g/mol. The van der Waals surface area contributed by atoms with Crippen molar-refractivity contribution in [2.45, 2.75) is 51.1 Å². The van der Waals surface area contributed by atoms with Gasteiger partial charge in [-0.15, -0.1) is 0 Å². The van der Waals surface area contributed by atoms with Crippen molar-refractivity contribution in [2.24, 2.45) is 0 Å². The fourth-order valence-corrected chi connectivity index (χ4v) is 3.24. The minimum atomic E-state index is -0.136. The SMILES string of the molecule is CC(C)c1cccc(NC(=O)N[C@H]2CCC[C@@H]2n2ccnc2)c1. The third-order valence-electron chi connectivity index (χ3n) is 4.51. The van der Waals surface area contributed by atoms with Gasteiger partial charge >= 0.3 is 6.03 Å². The Balaban J connectivity index is 1.62. The van der Waals surface area contributed by atoms with E-state index >= 15 is 0 Å². The van der Waals surface area contributed by atoms with Crippen molar-refractivity contribution < 1.29 is 4.79 Å². The summed E-state index contributed by atoms with van der Waals surface area (Å²) in [6.45, 7) is 4.29. The molecule has 0 unspecified atom stereocenters. The first-order valence-corrected chi connectivity index (χ1v) is 8.28. The maximum absolute atomic E-state index is 12.3. The summed E-state index contributed by atoms with van der Waals surface area (Å²) >= 11 is 0. The molecule has 0 spiro atoms. The van der Waals surface area contributed by atoms with E-state index in [1.807, 2.05) is 30.7 Å². The largest absolute Gasteiger partial charge is 0.333 e. The first kappa shape index (κ1) is 15.6. The molecule has 1 saturated carbocycles. The summed E-state index contributed by atoms with van der Waals surface area (Å²) in [7, 11) is 0. The molecule has 0 radical (unpaired) electrons. The van der Waals surface area contributed by atoms with E-state index < -0.39 is 0 Å². The number of carbonyl (C=O) groups excluding carboxylic acids is 1. The molecule has 23 heavy (non-hydrogen) atoms. The fraction of sp³-hybridized carbons (Fsp3) is 0.444. The number of hydrogen-bond donors (Lipinski definition) is 2. The van der Waals surface area contributed by atoms with Crippen molar-refractivity contribution >= 4 is 11.7 Å². The van der Waals surface area contributed by atoms with Crippen LogP contribution in [0.2, 0.25) is 0 Å². The van der Waals surface area contributed by atoms with Crippen LogP contribution in [0.15, 0.2) is 43.0 Å². The predicted octanol–water partition coefficient (Wildman–Crippen LogP) is 3.92. The smallest absolute Gasteiger partial charge is 0.319 e. The van der Waals surface area contributed by atoms with Gasteiger partial charge < -0.3 is 15.2 Å². The molecule has 0 bridgehead atoms. The van der Waals surface area contributed by atoms with E-state index in [1.54, 1.807) is 6.20 Å². The summed E-state index contributed by atoms with van der Waals surface area (Å²) in [4.78, 5) is 16.4. The highest BCUT2D eigenvalue weighted by Gasteiger charge is 2.29. The lowest BCUT2D eigenvalue weighted by atomic mass is 10.0. The molecule has 0 saturated heterocycles. The molecule has 2 amide bonds. The van der Waals surface area contributed by atoms with Gasteiger partial charge in [0.05, 0.1) is 18.4 Å². The van der Waals surface area contributed by atoms with Gasteiger partial charge in [-0.05, 0) is 42.9 Å². The van der Waals surface area contributed by atoms with E-state index in [0.717, 1.165) is 24.9 Å². The van der Waals surface area contributed by atoms with Gasteiger partial charge in [-0.3, -0.25) is 0 Å². The average molecular weight is 312 g/mol. The fourth-order valence-electron chi connectivity index (χ4n) is 3.24. The summed E-state index contributed by atoms with van der Waals surface area (Å²) in [5.41, 5.74) is 2.06. The molecule has 122 valence electrons. The Morgan fingerprint density at radius 2 is 2.22 bits per heavy atom. The van der Waals surface area contributed by atoms with Gasteiger partial charge in [0.15, 0.2) is 0 Å². The molecule has 3 rings (SSSR count). The normalized spacial score (nSPS) is 20.7. The monoisotopic (exact) mass is 312 g/mol. The number of rotatable bonds is 4. The Labute approximate surface area is 137 Å². The standard InChI is InChI=1S/C18H24N4O/c1-13(2)14-5-3-6-15(11-14)20-18(23)21-16-7-4-8-17(16)22-10-9-19-12-22/h3,5-6,9-13,16-17H,4,7-8H2,1-2H3,(H2,20,21,23)/t16-,17-/m0/s1. The average Bonchev–Trinajstić information content (AvgIpc) is 3.18. The zero-order valence-corrected chi connectivity index (χ0v) is 13.7. The number of aromatic nitrogens is 2. The minimum absolute atomic E-state index is 0.136. The number of carbonyl (C=O) groups is 1. The summed E-state index contributed by atoms with van der Waals surface area (Å²) in [5.74, 6) is 0.445. The van der Waals surface area contributed by atoms with Crippen LogP contribution in [0.5, 0.6) is 0 Å². The topological polar surface area (TPSA) is 59.0 Å². The van der Waals surface area contributed by atoms with Crippen LogP contribution in [0.1, 0.15) is 50.6 Å². The zero-order chi connectivity index (χ0) is 16.2. The number of nitrogens with zero attached hydrogens (tertiary/aromatic N) is 2. The Morgan fingerprint density at radius 3 is 2.96 bits per heavy atom. The lowest BCUT2D eigenvalue weighted by molar-refractivity contribution is 0.245. The Morgan fingerprint density at radius 1 is 1.35 bits per heavy atom. The number of amides is 2. The van der Waals surface area contributed by atoms with Gasteiger partial charge in [0.2, 0.25) is 0 Å². The third-order valence-corrected chi connectivity index (χ3v) is 4.51. The molecule has 1 fully saturated rings. The molecule has 1 aromatic carbocycles. The number of nitrogens with one attached hydrogen (secondary N) is 2. The summed E-state index contributed by atoms with van der Waals surface area (Å²) in [6, 6.07) is 8.33. The van der Waals surface area contributed by atoms with Gasteiger partial charge in [-0.2, -0.15) is 0 Å². The molecule has 2 N–H and O–H groups in total. The first-order valence-electron chi connectivity index (χ1n) is 8.28. The van der Waals surface area contributed by atoms with Crippen LogP contribution in [0, 0.1) is 0 Å². The second-order valence-electron chi connectivity index (χ2n) is 6.49. The minimum Gasteiger partial charge on any atom is -0.333 e. The van der Waals surface area contributed by atoms with E-state index in [-0.39, 0.29) is 12.1 Å². The highest BCUT2D eigenvalue weighted by Crippen LogP contribution is 2.30. The molecule has 1 aliphatic rings. The van der Waals surface area contributed by atoms with Gasteiger partial charge in [0, 0.05) is 18.1 Å². The highest BCUT2D eigenvalue weighted by molar-refractivity contribution is 5.89. The molecular formula is C18H24N4O. The maximum Gasteiger partial charge on any atom is 0.319 e. The summed E-state index contributed by atoms with van der Waals surface area (Å²) < 4.78 is 2.09. The second kappa shape index (κ2) is 6.86. The molecule has 5 heteroatoms. The number of imidazole rings is 1. The van der Waals surface area contributed by atoms with Crippen molar-refractivity contribution in [3.05, 3.63) is 48.5 Å². The van der Waals surface area contributed by atoms with Crippen LogP contribution in [-0.4, -0.2) is 21.6 Å². The Bertz CT molecular complexity index is 651. The van der Waals surface area contributed by atoms with E-state index in [1.165, 1.54) is 5.56 Å². The third kappa shape index (κ3) is 3.73. The number of urea groups is 1. The summed E-state index contributed by atoms with van der Waals surface area (Å²) in [6.07, 6.45) is 8.78. The van der Waals surface area contributed by atoms with Crippen LogP contribution in [0.3, 0.4) is 0 Å². The van der Waals surface area contributed by atoms with Gasteiger partial charge in [-0.25, -0.2) is 9.78 Å². The first-order chi connectivity index (χ1) is 11.1. The van der Waals surface area contributed by atoms with Crippen LogP contribution < -0.4 is 10.6 Å². The van der Waals surface area contributed by atoms with Gasteiger partial charge in [0.25, 0.3) is 0 Å². The van der Waals surface area contributed by atoms with Gasteiger partial charge in [-0.1, -0.05) is 26.0 Å². The van der Waals surface area contributed by atoms with Crippen LogP contribution >= 0.6 is 0 Å². The van der Waals surface area contributed by atoms with E-state index in [2.05, 4.69) is 40.1 Å². The second-order valence-corrected chi connectivity index (χ2v) is 6.49. The maximum atomic E-state index is 12.3. The van der Waals surface area contributed by atoms with E-state index in [0.29, 0.717) is 12.0 Å². The van der Waals surface area contributed by atoms with E-state index in [9.17, 15) is 4.79 Å². The van der Waals surface area contributed by atoms with Crippen molar-refractivity contribution in [2.75, 3.05) is 5.32 Å². The van der Waals surface area contributed by atoms with Gasteiger partial charge in [0.1, 0.15) is 0 Å². The molecule has 2 atom stereocenters. The molecule has 0 aliphatic heterocycles. The lowest BCUT2D eigenvalue weighted by Crippen LogP contribution is -2.40. The molecule has 1 aliphatic carbocycles. The molecule has 2 aromatic rings. The molecule has 1 heterocycles. The predicted molar refractivity (Wildman–Crippen MR) is 91.6 cm³/mol. The quantitative estimate of drug-likeness (QED) is 0.899. The Hall–Kier alpha value is -2.30. The zero-order valence-electron chi connectivity index (χ0n) is 13.7. The number of hydrogen-bond acceptors (Lipinski definition) is 2. The summed E-state index contributed by atoms with van der Waals surface area (Å²) in [5, 5.41) is 6.07. The van der Waals surface area contributed by atoms with Crippen molar-refractivity contribution in [3.63, 3.8) is 0 Å². The van der Waals surface area contributed by atoms with Crippen molar-refractivity contribution in [3.8, 4) is 0 Å².